The Balaban J connectivity index is 1.40. The monoisotopic (exact) mass is 869 g/mol. The Morgan fingerprint density at radius 1 is 0.281 bits per heavy atom. The van der Waals surface area contributed by atoms with Crippen molar-refractivity contribution >= 4 is 11.4 Å². The van der Waals surface area contributed by atoms with Gasteiger partial charge in [-0.1, -0.05) is 267 Å². The molecule has 0 aliphatic rings. The number of unbranched alkanes of at least 4 members (excludes halogenated alkanes) is 24. The highest BCUT2D eigenvalue weighted by Gasteiger charge is 2.18. The third-order valence-corrected chi connectivity index (χ3v) is 14.4. The standard InChI is InChI=1S/C62H96N2/c1-4-7-10-13-16-19-22-25-28-31-54(50-52-34-38-55(39-35-52)61(57-42-46-59(63)47-43-57)32-29-26-23-20-17-14-11-8-5-2)51-53-36-40-56(41-37-53)62(58-44-48-60(64)49-45-58)33-30-27-24-21-18-15-12-9-6-3/h34-49,54,61-62H,4-33,50-51,63-64H2,1-3H3. The first kappa shape index (κ1) is 53.1. The van der Waals surface area contributed by atoms with Crippen LogP contribution in [0.4, 0.5) is 11.4 Å². The van der Waals surface area contributed by atoms with Crippen molar-refractivity contribution in [3.8, 4) is 0 Å². The number of benzene rings is 4. The van der Waals surface area contributed by atoms with Crippen molar-refractivity contribution in [3.63, 3.8) is 0 Å². The van der Waals surface area contributed by atoms with E-state index in [9.17, 15) is 0 Å². The van der Waals surface area contributed by atoms with Crippen LogP contribution in [0.1, 0.15) is 259 Å². The number of nitrogen functional groups attached to an aromatic ring is 2. The zero-order valence-corrected chi connectivity index (χ0v) is 41.8. The second-order valence-electron chi connectivity index (χ2n) is 20.0. The number of hydrogen-bond acceptors (Lipinski definition) is 2. The number of hydrogen-bond donors (Lipinski definition) is 2. The van der Waals surface area contributed by atoms with Gasteiger partial charge in [0.1, 0.15) is 0 Å². The van der Waals surface area contributed by atoms with E-state index in [2.05, 4.69) is 118 Å². The molecule has 0 amide bonds. The molecule has 2 heteroatoms. The van der Waals surface area contributed by atoms with E-state index in [4.69, 9.17) is 11.5 Å². The number of anilines is 2. The van der Waals surface area contributed by atoms with E-state index in [1.165, 1.54) is 226 Å². The van der Waals surface area contributed by atoms with Gasteiger partial charge in [-0.05, 0) is 95.7 Å². The van der Waals surface area contributed by atoms with E-state index in [1.54, 1.807) is 0 Å². The molecule has 0 fully saturated rings. The van der Waals surface area contributed by atoms with E-state index in [0.717, 1.165) is 24.2 Å². The van der Waals surface area contributed by atoms with Crippen LogP contribution in [0.15, 0.2) is 97.1 Å². The average molecular weight is 869 g/mol. The molecule has 354 valence electrons. The fraction of sp³-hybridized carbons (Fsp3) is 0.613. The Bertz CT molecular complexity index is 1550. The van der Waals surface area contributed by atoms with Gasteiger partial charge in [0.05, 0.1) is 0 Å². The molecule has 4 rings (SSSR count). The van der Waals surface area contributed by atoms with Gasteiger partial charge in [-0.25, -0.2) is 0 Å². The van der Waals surface area contributed by atoms with E-state index in [1.807, 2.05) is 0 Å². The molecule has 4 aromatic carbocycles. The maximum atomic E-state index is 6.16. The highest BCUT2D eigenvalue weighted by molar-refractivity contribution is 5.44. The molecule has 64 heavy (non-hydrogen) atoms. The summed E-state index contributed by atoms with van der Waals surface area (Å²) in [6, 6.07) is 37.1. The molecule has 0 saturated carbocycles. The smallest absolute Gasteiger partial charge is 0.0314 e. The molecule has 0 aliphatic heterocycles. The lowest BCUT2D eigenvalue weighted by Gasteiger charge is -2.21. The molecule has 0 aromatic heterocycles. The second-order valence-corrected chi connectivity index (χ2v) is 20.0. The van der Waals surface area contributed by atoms with E-state index < -0.39 is 0 Å². The van der Waals surface area contributed by atoms with Crippen LogP contribution in [0.5, 0.6) is 0 Å². The summed E-state index contributed by atoms with van der Waals surface area (Å²) < 4.78 is 0. The predicted molar refractivity (Wildman–Crippen MR) is 285 cm³/mol. The van der Waals surface area contributed by atoms with Gasteiger partial charge < -0.3 is 11.5 Å². The largest absolute Gasteiger partial charge is 0.399 e. The van der Waals surface area contributed by atoms with Gasteiger partial charge in [0.15, 0.2) is 0 Å². The van der Waals surface area contributed by atoms with Crippen molar-refractivity contribution in [3.05, 3.63) is 130 Å². The first-order chi connectivity index (χ1) is 31.5. The van der Waals surface area contributed by atoms with Gasteiger partial charge >= 0.3 is 0 Å². The van der Waals surface area contributed by atoms with E-state index in [0.29, 0.717) is 17.8 Å². The maximum absolute atomic E-state index is 6.16. The summed E-state index contributed by atoms with van der Waals surface area (Å²) >= 11 is 0. The number of nitrogens with two attached hydrogens (primary N) is 2. The van der Waals surface area contributed by atoms with E-state index in [-0.39, 0.29) is 0 Å². The quantitative estimate of drug-likeness (QED) is 0.0348. The molecule has 0 saturated heterocycles. The Labute approximate surface area is 395 Å². The highest BCUT2D eigenvalue weighted by Crippen LogP contribution is 2.34. The minimum atomic E-state index is 0.424. The van der Waals surface area contributed by atoms with Crippen molar-refractivity contribution in [1.82, 2.24) is 0 Å². The lowest BCUT2D eigenvalue weighted by molar-refractivity contribution is 0.444. The van der Waals surface area contributed by atoms with Crippen molar-refractivity contribution < 1.29 is 0 Å². The summed E-state index contributed by atoms with van der Waals surface area (Å²) in [4.78, 5) is 0. The third kappa shape index (κ3) is 22.1. The van der Waals surface area contributed by atoms with Gasteiger partial charge in [-0.15, -0.1) is 0 Å². The van der Waals surface area contributed by atoms with Crippen LogP contribution in [0.2, 0.25) is 0 Å². The van der Waals surface area contributed by atoms with Crippen LogP contribution in [0, 0.1) is 5.92 Å². The Hall–Kier alpha value is -3.52. The van der Waals surface area contributed by atoms with Crippen LogP contribution < -0.4 is 11.5 Å². The summed E-state index contributed by atoms with van der Waals surface area (Å²) in [6.45, 7) is 6.92. The molecule has 4 N–H and O–H groups in total. The molecule has 4 aromatic rings. The summed E-state index contributed by atoms with van der Waals surface area (Å²) in [6.07, 6.45) is 43.1. The van der Waals surface area contributed by atoms with Crippen LogP contribution in [0.25, 0.3) is 0 Å². The first-order valence-corrected chi connectivity index (χ1v) is 27.4. The highest BCUT2D eigenvalue weighted by atomic mass is 14.5. The zero-order chi connectivity index (χ0) is 45.3. The molecule has 0 radical (unpaired) electrons. The molecule has 2 atom stereocenters. The van der Waals surface area contributed by atoms with Crippen molar-refractivity contribution in [2.24, 2.45) is 5.92 Å². The average Bonchev–Trinajstić information content (AvgIpc) is 3.31. The van der Waals surface area contributed by atoms with Crippen LogP contribution in [-0.4, -0.2) is 0 Å². The van der Waals surface area contributed by atoms with Crippen molar-refractivity contribution in [1.29, 1.82) is 0 Å². The van der Waals surface area contributed by atoms with Gasteiger partial charge in [-0.2, -0.15) is 0 Å². The molecule has 0 aliphatic carbocycles. The Morgan fingerprint density at radius 2 is 0.516 bits per heavy atom. The molecular weight excluding hydrogens is 773 g/mol. The topological polar surface area (TPSA) is 52.0 Å². The van der Waals surface area contributed by atoms with Crippen LogP contribution in [-0.2, 0) is 12.8 Å². The Morgan fingerprint density at radius 3 is 0.797 bits per heavy atom. The lowest BCUT2D eigenvalue weighted by atomic mass is 9.83. The Kier molecular flexibility index (Phi) is 28.1. The van der Waals surface area contributed by atoms with E-state index >= 15 is 0 Å². The minimum Gasteiger partial charge on any atom is -0.399 e. The zero-order valence-electron chi connectivity index (χ0n) is 41.8. The normalized spacial score (nSPS) is 13.0. The van der Waals surface area contributed by atoms with Gasteiger partial charge in [0.25, 0.3) is 0 Å². The summed E-state index contributed by atoms with van der Waals surface area (Å²) in [7, 11) is 0. The first-order valence-electron chi connectivity index (χ1n) is 27.4. The van der Waals surface area contributed by atoms with Crippen molar-refractivity contribution in [2.45, 2.75) is 238 Å². The van der Waals surface area contributed by atoms with Gasteiger partial charge in [-0.3, -0.25) is 0 Å². The third-order valence-electron chi connectivity index (χ3n) is 14.4. The SMILES string of the molecule is CCCCCCCCCCCC(Cc1ccc(C(CCCCCCCCCCC)c2ccc(N)cc2)cc1)Cc1ccc(C(CCCCCCCCCCC)c2ccc(N)cc2)cc1. The fourth-order valence-electron chi connectivity index (χ4n) is 10.3. The van der Waals surface area contributed by atoms with Crippen LogP contribution >= 0.6 is 0 Å². The van der Waals surface area contributed by atoms with Gasteiger partial charge in [0.2, 0.25) is 0 Å². The molecule has 2 nitrogen and oxygen atoms in total. The molecular formula is C62H96N2. The lowest BCUT2D eigenvalue weighted by Crippen LogP contribution is -2.10. The second kappa shape index (κ2) is 33.9. The summed E-state index contributed by atoms with van der Waals surface area (Å²) in [5.41, 5.74) is 22.7. The minimum absolute atomic E-state index is 0.424. The molecule has 2 unspecified atom stereocenters. The predicted octanol–water partition coefficient (Wildman–Crippen LogP) is 19.3. The molecule has 0 heterocycles. The summed E-state index contributed by atoms with van der Waals surface area (Å²) in [5, 5.41) is 0. The molecule has 0 bridgehead atoms. The maximum Gasteiger partial charge on any atom is 0.0314 e. The molecule has 0 spiro atoms. The fourth-order valence-corrected chi connectivity index (χ4v) is 10.3. The van der Waals surface area contributed by atoms with Crippen LogP contribution in [0.3, 0.4) is 0 Å². The number of rotatable bonds is 38. The van der Waals surface area contributed by atoms with Crippen molar-refractivity contribution in [2.75, 3.05) is 11.5 Å². The van der Waals surface area contributed by atoms with Gasteiger partial charge in [0, 0.05) is 23.2 Å². The summed E-state index contributed by atoms with van der Waals surface area (Å²) in [5.74, 6) is 1.49.